The fraction of sp³-hybridized carbons (Fsp3) is 0.636. The van der Waals surface area contributed by atoms with Crippen molar-refractivity contribution in [3.05, 3.63) is 20.8 Å². The third-order valence-electron chi connectivity index (χ3n) is 3.26. The highest BCUT2D eigenvalue weighted by atomic mass is 79.9. The summed E-state index contributed by atoms with van der Waals surface area (Å²) in [5, 5.41) is 2.09. The highest BCUT2D eigenvalue weighted by molar-refractivity contribution is 9.10. The third kappa shape index (κ3) is 2.49. The minimum Gasteiger partial charge on any atom is -0.322 e. The number of nitrogens with two attached hydrogens (primary N) is 1. The summed E-state index contributed by atoms with van der Waals surface area (Å²) >= 11 is 5.30. The molecule has 2 unspecified atom stereocenters. The van der Waals surface area contributed by atoms with Gasteiger partial charge in [-0.05, 0) is 41.5 Å². The number of nitrogens with zero attached hydrogens (tertiary/aromatic N) is 2. The second-order valence-electron chi connectivity index (χ2n) is 4.47. The molecule has 1 fully saturated rings. The van der Waals surface area contributed by atoms with Crippen LogP contribution in [0.1, 0.15) is 10.9 Å². The zero-order valence-electron chi connectivity index (χ0n) is 9.69. The Bertz CT molecular complexity index is 355. The van der Waals surface area contributed by atoms with Gasteiger partial charge in [0.1, 0.15) is 0 Å². The van der Waals surface area contributed by atoms with Gasteiger partial charge in [0, 0.05) is 35.0 Å². The van der Waals surface area contributed by atoms with Crippen molar-refractivity contribution >= 4 is 27.3 Å². The molecule has 0 bridgehead atoms. The standard InChI is InChI=1S/C11H18BrN3S/c1-14-4-5-15(2)9(7-14)10(13)11-8(12)3-6-16-11/h3,6,9-10H,4-5,7,13H2,1-2H3. The van der Waals surface area contributed by atoms with E-state index in [0.29, 0.717) is 6.04 Å². The summed E-state index contributed by atoms with van der Waals surface area (Å²) in [7, 11) is 4.33. The van der Waals surface area contributed by atoms with Crippen LogP contribution in [0.25, 0.3) is 0 Å². The number of hydrogen-bond acceptors (Lipinski definition) is 4. The quantitative estimate of drug-likeness (QED) is 0.903. The first-order valence-corrected chi connectivity index (χ1v) is 7.14. The molecule has 0 radical (unpaired) electrons. The Kier molecular flexibility index (Phi) is 4.02. The highest BCUT2D eigenvalue weighted by Crippen LogP contribution is 2.31. The lowest BCUT2D eigenvalue weighted by Gasteiger charge is -2.40. The molecule has 0 aliphatic carbocycles. The second-order valence-corrected chi connectivity index (χ2v) is 6.27. The molecule has 1 aliphatic rings. The summed E-state index contributed by atoms with van der Waals surface area (Å²) in [6.07, 6.45) is 0. The molecule has 0 saturated carbocycles. The smallest absolute Gasteiger partial charge is 0.0571 e. The van der Waals surface area contributed by atoms with E-state index in [-0.39, 0.29) is 6.04 Å². The molecule has 1 aliphatic heterocycles. The van der Waals surface area contributed by atoms with Crippen molar-refractivity contribution < 1.29 is 0 Å². The van der Waals surface area contributed by atoms with Crippen LogP contribution >= 0.6 is 27.3 Å². The van der Waals surface area contributed by atoms with Gasteiger partial charge >= 0.3 is 0 Å². The van der Waals surface area contributed by atoms with Gasteiger partial charge in [-0.2, -0.15) is 0 Å². The third-order valence-corrected chi connectivity index (χ3v) is 5.23. The lowest BCUT2D eigenvalue weighted by Crippen LogP contribution is -2.54. The SMILES string of the molecule is CN1CCN(C)C(C(N)c2sccc2Br)C1. The van der Waals surface area contributed by atoms with Crippen LogP contribution in [0.2, 0.25) is 0 Å². The summed E-state index contributed by atoms with van der Waals surface area (Å²) in [5.74, 6) is 0. The Balaban J connectivity index is 2.14. The second kappa shape index (κ2) is 5.14. The number of piperazine rings is 1. The van der Waals surface area contributed by atoms with Gasteiger partial charge in [0.05, 0.1) is 6.04 Å². The van der Waals surface area contributed by atoms with Crippen LogP contribution in [-0.2, 0) is 0 Å². The van der Waals surface area contributed by atoms with Crippen molar-refractivity contribution in [2.24, 2.45) is 5.73 Å². The first-order chi connectivity index (χ1) is 7.59. The van der Waals surface area contributed by atoms with Crippen molar-refractivity contribution in [2.45, 2.75) is 12.1 Å². The maximum absolute atomic E-state index is 6.38. The maximum atomic E-state index is 6.38. The Hall–Kier alpha value is 0.0600. The molecule has 2 rings (SSSR count). The summed E-state index contributed by atoms with van der Waals surface area (Å²) in [5.41, 5.74) is 6.38. The number of halogens is 1. The normalized spacial score (nSPS) is 25.9. The molecular weight excluding hydrogens is 286 g/mol. The Labute approximate surface area is 109 Å². The predicted octanol–water partition coefficient (Wildman–Crippen LogP) is 1.76. The topological polar surface area (TPSA) is 32.5 Å². The Morgan fingerprint density at radius 1 is 1.50 bits per heavy atom. The molecule has 0 amide bonds. The van der Waals surface area contributed by atoms with E-state index in [9.17, 15) is 0 Å². The minimum atomic E-state index is 0.0992. The van der Waals surface area contributed by atoms with Gasteiger partial charge in [-0.3, -0.25) is 4.90 Å². The van der Waals surface area contributed by atoms with Gasteiger partial charge in [-0.1, -0.05) is 0 Å². The average molecular weight is 304 g/mol. The molecule has 3 nitrogen and oxygen atoms in total. The Morgan fingerprint density at radius 2 is 2.25 bits per heavy atom. The van der Waals surface area contributed by atoms with Crippen molar-refractivity contribution in [3.63, 3.8) is 0 Å². The van der Waals surface area contributed by atoms with Gasteiger partial charge in [0.15, 0.2) is 0 Å². The molecule has 2 N–H and O–H groups in total. The van der Waals surface area contributed by atoms with Crippen LogP contribution in [0.4, 0.5) is 0 Å². The van der Waals surface area contributed by atoms with E-state index < -0.39 is 0 Å². The summed E-state index contributed by atoms with van der Waals surface area (Å²) < 4.78 is 1.15. The first kappa shape index (κ1) is 12.5. The zero-order chi connectivity index (χ0) is 11.7. The summed E-state index contributed by atoms with van der Waals surface area (Å²) in [6.45, 7) is 3.27. The number of thiophene rings is 1. The molecule has 2 atom stereocenters. The van der Waals surface area contributed by atoms with Gasteiger partial charge < -0.3 is 10.6 Å². The average Bonchev–Trinajstić information content (AvgIpc) is 2.67. The van der Waals surface area contributed by atoms with Gasteiger partial charge in [0.25, 0.3) is 0 Å². The zero-order valence-corrected chi connectivity index (χ0v) is 12.1. The number of hydrogen-bond donors (Lipinski definition) is 1. The van der Waals surface area contributed by atoms with E-state index in [1.165, 1.54) is 4.88 Å². The van der Waals surface area contributed by atoms with E-state index in [0.717, 1.165) is 24.1 Å². The molecular formula is C11H18BrN3S. The van der Waals surface area contributed by atoms with Crippen molar-refractivity contribution in [3.8, 4) is 0 Å². The van der Waals surface area contributed by atoms with Crippen LogP contribution in [0.5, 0.6) is 0 Å². The number of likely N-dealkylation sites (N-methyl/N-ethyl adjacent to an activating group) is 2. The summed E-state index contributed by atoms with van der Waals surface area (Å²) in [4.78, 5) is 5.98. The van der Waals surface area contributed by atoms with Crippen molar-refractivity contribution in [1.82, 2.24) is 9.80 Å². The molecule has 1 saturated heterocycles. The molecule has 0 aromatic carbocycles. The van der Waals surface area contributed by atoms with E-state index in [1.54, 1.807) is 11.3 Å². The predicted molar refractivity (Wildman–Crippen MR) is 72.9 cm³/mol. The van der Waals surface area contributed by atoms with Crippen LogP contribution in [-0.4, -0.2) is 49.6 Å². The molecule has 1 aromatic heterocycles. The fourth-order valence-electron chi connectivity index (χ4n) is 2.15. The van der Waals surface area contributed by atoms with E-state index in [4.69, 9.17) is 5.73 Å². The summed E-state index contributed by atoms with van der Waals surface area (Å²) in [6, 6.07) is 2.59. The number of rotatable bonds is 2. The van der Waals surface area contributed by atoms with Crippen LogP contribution in [0.15, 0.2) is 15.9 Å². The first-order valence-electron chi connectivity index (χ1n) is 5.47. The molecule has 0 spiro atoms. The molecule has 2 heterocycles. The van der Waals surface area contributed by atoms with Crippen molar-refractivity contribution in [1.29, 1.82) is 0 Å². The van der Waals surface area contributed by atoms with Crippen molar-refractivity contribution in [2.75, 3.05) is 33.7 Å². The van der Waals surface area contributed by atoms with Gasteiger partial charge in [0.2, 0.25) is 0 Å². The molecule has 1 aromatic rings. The monoisotopic (exact) mass is 303 g/mol. The van der Waals surface area contributed by atoms with Crippen LogP contribution in [0.3, 0.4) is 0 Å². The lowest BCUT2D eigenvalue weighted by atomic mass is 10.0. The van der Waals surface area contributed by atoms with Crippen LogP contribution in [0, 0.1) is 0 Å². The lowest BCUT2D eigenvalue weighted by molar-refractivity contribution is 0.0980. The minimum absolute atomic E-state index is 0.0992. The molecule has 5 heteroatoms. The van der Waals surface area contributed by atoms with E-state index >= 15 is 0 Å². The largest absolute Gasteiger partial charge is 0.322 e. The molecule has 16 heavy (non-hydrogen) atoms. The maximum Gasteiger partial charge on any atom is 0.0571 e. The van der Waals surface area contributed by atoms with Crippen LogP contribution < -0.4 is 5.73 Å². The van der Waals surface area contributed by atoms with Gasteiger partial charge in [-0.15, -0.1) is 11.3 Å². The van der Waals surface area contributed by atoms with E-state index in [2.05, 4.69) is 51.3 Å². The molecule has 90 valence electrons. The van der Waals surface area contributed by atoms with Gasteiger partial charge in [-0.25, -0.2) is 0 Å². The fourth-order valence-corrected chi connectivity index (χ4v) is 3.85. The highest BCUT2D eigenvalue weighted by Gasteiger charge is 2.29. The Morgan fingerprint density at radius 3 is 2.88 bits per heavy atom. The van der Waals surface area contributed by atoms with E-state index in [1.807, 2.05) is 0 Å².